The molecule has 0 saturated heterocycles. The number of nitrogen functional groups attached to an aromatic ring is 1. The van der Waals surface area contributed by atoms with Gasteiger partial charge in [0, 0.05) is 5.69 Å². The highest BCUT2D eigenvalue weighted by Gasteiger charge is 2.14. The van der Waals surface area contributed by atoms with E-state index in [0.29, 0.717) is 5.69 Å². The van der Waals surface area contributed by atoms with E-state index in [9.17, 15) is 9.18 Å². The maximum Gasteiger partial charge on any atom is 0.257 e. The summed E-state index contributed by atoms with van der Waals surface area (Å²) >= 11 is 0. The summed E-state index contributed by atoms with van der Waals surface area (Å²) in [5.74, 6) is 4.14. The van der Waals surface area contributed by atoms with Crippen molar-refractivity contribution in [3.8, 4) is 0 Å². The SMILES string of the molecule is NNc1c(F)cccc1C(=O)Nc1ccc(CO)cc1. The van der Waals surface area contributed by atoms with Crippen molar-refractivity contribution in [2.75, 3.05) is 10.7 Å². The van der Waals surface area contributed by atoms with Crippen LogP contribution in [0.25, 0.3) is 0 Å². The van der Waals surface area contributed by atoms with E-state index in [0.717, 1.165) is 5.56 Å². The molecule has 0 unspecified atom stereocenters. The minimum absolute atomic E-state index is 0.0584. The molecule has 0 radical (unpaired) electrons. The molecule has 0 aliphatic carbocycles. The van der Waals surface area contributed by atoms with Crippen molar-refractivity contribution in [3.63, 3.8) is 0 Å². The van der Waals surface area contributed by atoms with Crippen LogP contribution >= 0.6 is 0 Å². The number of rotatable bonds is 4. The van der Waals surface area contributed by atoms with Gasteiger partial charge in [-0.3, -0.25) is 10.6 Å². The summed E-state index contributed by atoms with van der Waals surface area (Å²) in [6, 6.07) is 10.8. The lowest BCUT2D eigenvalue weighted by atomic mass is 10.1. The van der Waals surface area contributed by atoms with Crippen molar-refractivity contribution >= 4 is 17.3 Å². The second-order valence-corrected chi connectivity index (χ2v) is 4.12. The van der Waals surface area contributed by atoms with Gasteiger partial charge in [-0.25, -0.2) is 4.39 Å². The van der Waals surface area contributed by atoms with Crippen molar-refractivity contribution in [1.29, 1.82) is 0 Å². The number of amides is 1. The number of hydrogen-bond donors (Lipinski definition) is 4. The molecule has 0 heterocycles. The number of benzene rings is 2. The summed E-state index contributed by atoms with van der Waals surface area (Å²) < 4.78 is 13.5. The van der Waals surface area contributed by atoms with Crippen LogP contribution in [0.5, 0.6) is 0 Å². The summed E-state index contributed by atoms with van der Waals surface area (Å²) in [7, 11) is 0. The molecule has 0 fully saturated rings. The van der Waals surface area contributed by atoms with E-state index in [-0.39, 0.29) is 17.9 Å². The molecule has 2 rings (SSSR count). The van der Waals surface area contributed by atoms with Crippen LogP contribution in [0.1, 0.15) is 15.9 Å². The Labute approximate surface area is 115 Å². The van der Waals surface area contributed by atoms with Crippen LogP contribution in [0.3, 0.4) is 0 Å². The van der Waals surface area contributed by atoms with E-state index in [1.54, 1.807) is 24.3 Å². The zero-order chi connectivity index (χ0) is 14.5. The average molecular weight is 275 g/mol. The van der Waals surface area contributed by atoms with Gasteiger partial charge in [0.1, 0.15) is 5.82 Å². The fraction of sp³-hybridized carbons (Fsp3) is 0.0714. The van der Waals surface area contributed by atoms with E-state index < -0.39 is 11.7 Å². The summed E-state index contributed by atoms with van der Waals surface area (Å²) in [6.45, 7) is -0.0701. The number of carbonyl (C=O) groups excluding carboxylic acids is 1. The van der Waals surface area contributed by atoms with Gasteiger partial charge in [0.15, 0.2) is 0 Å². The number of anilines is 2. The number of halogens is 1. The number of para-hydroxylation sites is 1. The van der Waals surface area contributed by atoms with E-state index in [1.807, 2.05) is 0 Å². The Morgan fingerprint density at radius 3 is 2.50 bits per heavy atom. The number of hydrogen-bond acceptors (Lipinski definition) is 4. The molecule has 5 nitrogen and oxygen atoms in total. The molecule has 20 heavy (non-hydrogen) atoms. The Bertz CT molecular complexity index is 614. The predicted octanol–water partition coefficient (Wildman–Crippen LogP) is 1.86. The smallest absolute Gasteiger partial charge is 0.257 e. The molecule has 104 valence electrons. The molecule has 1 amide bonds. The third kappa shape index (κ3) is 2.93. The van der Waals surface area contributed by atoms with E-state index in [4.69, 9.17) is 10.9 Å². The highest BCUT2D eigenvalue weighted by atomic mass is 19.1. The van der Waals surface area contributed by atoms with Gasteiger partial charge >= 0.3 is 0 Å². The van der Waals surface area contributed by atoms with Crippen molar-refractivity contribution in [2.45, 2.75) is 6.61 Å². The highest BCUT2D eigenvalue weighted by molar-refractivity contribution is 6.08. The molecule has 0 spiro atoms. The van der Waals surface area contributed by atoms with Gasteiger partial charge in [-0.1, -0.05) is 18.2 Å². The van der Waals surface area contributed by atoms with Crippen LogP contribution in [-0.2, 0) is 6.61 Å². The molecular formula is C14H14FN3O2. The van der Waals surface area contributed by atoms with Crippen LogP contribution in [-0.4, -0.2) is 11.0 Å². The summed E-state index contributed by atoms with van der Waals surface area (Å²) in [5, 5.41) is 11.6. The molecule has 0 bridgehead atoms. The summed E-state index contributed by atoms with van der Waals surface area (Å²) in [4.78, 5) is 12.1. The van der Waals surface area contributed by atoms with Gasteiger partial charge in [-0.2, -0.15) is 0 Å². The van der Waals surface area contributed by atoms with Crippen LogP contribution in [0.15, 0.2) is 42.5 Å². The number of carbonyl (C=O) groups is 1. The minimum Gasteiger partial charge on any atom is -0.392 e. The molecule has 0 atom stereocenters. The fourth-order valence-corrected chi connectivity index (χ4v) is 1.75. The van der Waals surface area contributed by atoms with Crippen LogP contribution in [0, 0.1) is 5.82 Å². The molecule has 2 aromatic rings. The lowest BCUT2D eigenvalue weighted by molar-refractivity contribution is 0.102. The molecule has 5 N–H and O–H groups in total. The Balaban J connectivity index is 2.21. The zero-order valence-corrected chi connectivity index (χ0v) is 10.6. The number of aliphatic hydroxyl groups is 1. The lowest BCUT2D eigenvalue weighted by Gasteiger charge is -2.10. The van der Waals surface area contributed by atoms with Crippen molar-refractivity contribution in [2.24, 2.45) is 5.84 Å². The molecule has 0 saturated carbocycles. The Morgan fingerprint density at radius 1 is 1.20 bits per heavy atom. The topological polar surface area (TPSA) is 87.4 Å². The highest BCUT2D eigenvalue weighted by Crippen LogP contribution is 2.20. The summed E-state index contributed by atoms with van der Waals surface area (Å²) in [5.41, 5.74) is 3.51. The third-order valence-corrected chi connectivity index (χ3v) is 2.80. The second kappa shape index (κ2) is 6.14. The monoisotopic (exact) mass is 275 g/mol. The van der Waals surface area contributed by atoms with Gasteiger partial charge in [0.25, 0.3) is 5.91 Å². The molecule has 0 aliphatic heterocycles. The maximum atomic E-state index is 13.5. The van der Waals surface area contributed by atoms with Gasteiger partial charge < -0.3 is 15.8 Å². The van der Waals surface area contributed by atoms with E-state index >= 15 is 0 Å². The second-order valence-electron chi connectivity index (χ2n) is 4.12. The van der Waals surface area contributed by atoms with Gasteiger partial charge in [0.05, 0.1) is 17.9 Å². The molecule has 0 aromatic heterocycles. The van der Waals surface area contributed by atoms with Gasteiger partial charge in [0.2, 0.25) is 0 Å². The number of nitrogens with two attached hydrogens (primary N) is 1. The third-order valence-electron chi connectivity index (χ3n) is 2.80. The maximum absolute atomic E-state index is 13.5. The van der Waals surface area contributed by atoms with Crippen molar-refractivity contribution in [3.05, 3.63) is 59.4 Å². The molecule has 2 aromatic carbocycles. The molecular weight excluding hydrogens is 261 g/mol. The first kappa shape index (κ1) is 14.0. The minimum atomic E-state index is -0.601. The van der Waals surface area contributed by atoms with Gasteiger partial charge in [-0.05, 0) is 29.8 Å². The summed E-state index contributed by atoms with van der Waals surface area (Å²) in [6.07, 6.45) is 0. The first-order valence-corrected chi connectivity index (χ1v) is 5.92. The quantitative estimate of drug-likeness (QED) is 0.506. The molecule has 0 aliphatic rings. The fourth-order valence-electron chi connectivity index (χ4n) is 1.75. The average Bonchev–Trinajstić information content (AvgIpc) is 2.47. The van der Waals surface area contributed by atoms with Crippen molar-refractivity contribution < 1.29 is 14.3 Å². The van der Waals surface area contributed by atoms with Crippen LogP contribution in [0.2, 0.25) is 0 Å². The Hall–Kier alpha value is -2.44. The Kier molecular flexibility index (Phi) is 4.29. The van der Waals surface area contributed by atoms with Crippen LogP contribution in [0.4, 0.5) is 15.8 Å². The first-order chi connectivity index (χ1) is 9.65. The van der Waals surface area contributed by atoms with Crippen LogP contribution < -0.4 is 16.6 Å². The standard InChI is InChI=1S/C14H14FN3O2/c15-12-3-1-2-11(13(12)18-16)14(20)17-10-6-4-9(8-19)5-7-10/h1-7,18-19H,8,16H2,(H,17,20). The zero-order valence-electron chi connectivity index (χ0n) is 10.6. The lowest BCUT2D eigenvalue weighted by Crippen LogP contribution is -2.18. The Morgan fingerprint density at radius 2 is 1.90 bits per heavy atom. The van der Waals surface area contributed by atoms with Crippen molar-refractivity contribution in [1.82, 2.24) is 0 Å². The largest absolute Gasteiger partial charge is 0.392 e. The number of nitrogens with one attached hydrogen (secondary N) is 2. The molecule has 6 heteroatoms. The van der Waals surface area contributed by atoms with E-state index in [2.05, 4.69) is 10.7 Å². The number of hydrazine groups is 1. The number of aliphatic hydroxyl groups excluding tert-OH is 1. The first-order valence-electron chi connectivity index (χ1n) is 5.92. The normalized spacial score (nSPS) is 10.2. The van der Waals surface area contributed by atoms with Gasteiger partial charge in [-0.15, -0.1) is 0 Å². The predicted molar refractivity (Wildman–Crippen MR) is 74.5 cm³/mol. The van der Waals surface area contributed by atoms with E-state index in [1.165, 1.54) is 18.2 Å².